The molecule has 1 aromatic carbocycles. The van der Waals surface area contributed by atoms with E-state index in [9.17, 15) is 29.1 Å². The largest absolute Gasteiger partial charge is 0.481 e. The topological polar surface area (TPSA) is 159 Å². The number of ether oxygens (including phenoxy) is 2. The third-order valence-electron chi connectivity index (χ3n) is 6.49. The van der Waals surface area contributed by atoms with Crippen LogP contribution in [0.2, 0.25) is 0 Å². The highest BCUT2D eigenvalue weighted by atomic mass is 16.6. The van der Waals surface area contributed by atoms with Gasteiger partial charge >= 0.3 is 18.2 Å². The van der Waals surface area contributed by atoms with Gasteiger partial charge in [-0.25, -0.2) is 14.6 Å². The molecule has 1 atom stereocenters. The molecule has 1 aliphatic heterocycles. The lowest BCUT2D eigenvalue weighted by molar-refractivity contribution is -0.138. The van der Waals surface area contributed by atoms with Crippen molar-refractivity contribution in [1.82, 2.24) is 25.0 Å². The van der Waals surface area contributed by atoms with Gasteiger partial charge in [-0.1, -0.05) is 43.7 Å². The van der Waals surface area contributed by atoms with E-state index in [1.807, 2.05) is 13.0 Å². The van der Waals surface area contributed by atoms with Crippen LogP contribution in [0, 0.1) is 0 Å². The minimum atomic E-state index is -1.16. The van der Waals surface area contributed by atoms with Crippen molar-refractivity contribution in [2.75, 3.05) is 46.9 Å². The molecule has 0 aliphatic carbocycles. The Hall–Kier alpha value is -4.68. The van der Waals surface area contributed by atoms with Crippen LogP contribution in [0.3, 0.4) is 0 Å². The van der Waals surface area contributed by atoms with Gasteiger partial charge < -0.3 is 34.6 Å². The fourth-order valence-electron chi connectivity index (χ4n) is 4.11. The number of carbonyl (C=O) groups excluding carboxylic acids is 4. The van der Waals surface area contributed by atoms with E-state index in [-0.39, 0.29) is 50.5 Å². The Labute approximate surface area is 244 Å². The molecular formula is C29H37N5O8. The molecule has 1 aromatic heterocycles. The molecule has 226 valence electrons. The summed E-state index contributed by atoms with van der Waals surface area (Å²) < 4.78 is 10.6. The standard InChI is InChI=1S/C29H37N5O8/c1-4-5-17-41-29(40)34-15-13-33(14-16-34)27(38)22(11-12-25(35)36)31-26(37)24-19-21(42-28(39)32(2)3)18-23(30-24)20-9-7-6-8-10-20/h6-10,18-19,22H,4-5,11-17H2,1-3H3,(H,31,37)(H,35,36)/t22-/m0/s1. The maximum atomic E-state index is 13.4. The van der Waals surface area contributed by atoms with E-state index in [0.717, 1.165) is 12.8 Å². The Balaban J connectivity index is 1.78. The Morgan fingerprint density at radius 1 is 1.02 bits per heavy atom. The summed E-state index contributed by atoms with van der Waals surface area (Å²) in [6, 6.07) is 10.6. The molecule has 13 nitrogen and oxygen atoms in total. The number of carboxylic acid groups (broad SMARTS) is 1. The summed E-state index contributed by atoms with van der Waals surface area (Å²) in [5.41, 5.74) is 0.907. The number of nitrogens with one attached hydrogen (secondary N) is 1. The van der Waals surface area contributed by atoms with Crippen LogP contribution in [0.4, 0.5) is 9.59 Å². The van der Waals surface area contributed by atoms with Crippen LogP contribution in [0.25, 0.3) is 11.3 Å². The van der Waals surface area contributed by atoms with Gasteiger partial charge in [0, 0.05) is 64.4 Å². The maximum Gasteiger partial charge on any atom is 0.414 e. The fraction of sp³-hybridized carbons (Fsp3) is 0.448. The molecule has 2 N–H and O–H groups in total. The highest BCUT2D eigenvalue weighted by Crippen LogP contribution is 2.24. The van der Waals surface area contributed by atoms with Crippen LogP contribution in [0.1, 0.15) is 43.1 Å². The monoisotopic (exact) mass is 583 g/mol. The Morgan fingerprint density at radius 3 is 2.31 bits per heavy atom. The number of aliphatic carboxylic acids is 1. The zero-order chi connectivity index (χ0) is 30.6. The van der Waals surface area contributed by atoms with Gasteiger partial charge in [0.05, 0.1) is 12.3 Å². The van der Waals surface area contributed by atoms with Gasteiger partial charge in [0.25, 0.3) is 5.91 Å². The van der Waals surface area contributed by atoms with E-state index in [0.29, 0.717) is 17.9 Å². The number of hydrogen-bond donors (Lipinski definition) is 2. The summed E-state index contributed by atoms with van der Waals surface area (Å²) in [4.78, 5) is 71.3. The molecule has 3 rings (SSSR count). The van der Waals surface area contributed by atoms with E-state index in [4.69, 9.17) is 9.47 Å². The van der Waals surface area contributed by atoms with Gasteiger partial charge in [0.2, 0.25) is 5.91 Å². The molecule has 4 amide bonds. The number of benzene rings is 1. The van der Waals surface area contributed by atoms with Gasteiger partial charge in [-0.3, -0.25) is 14.4 Å². The average Bonchev–Trinajstić information content (AvgIpc) is 2.99. The van der Waals surface area contributed by atoms with Gasteiger partial charge in [-0.2, -0.15) is 0 Å². The zero-order valence-electron chi connectivity index (χ0n) is 24.1. The lowest BCUT2D eigenvalue weighted by atomic mass is 10.1. The van der Waals surface area contributed by atoms with Crippen molar-refractivity contribution in [3.8, 4) is 17.0 Å². The predicted molar refractivity (Wildman–Crippen MR) is 152 cm³/mol. The van der Waals surface area contributed by atoms with Crippen LogP contribution in [0.15, 0.2) is 42.5 Å². The third kappa shape index (κ3) is 9.18. The molecule has 1 saturated heterocycles. The second-order valence-electron chi connectivity index (χ2n) is 9.94. The Kier molecular flexibility index (Phi) is 11.6. The highest BCUT2D eigenvalue weighted by Gasteiger charge is 2.31. The first-order chi connectivity index (χ1) is 20.1. The summed E-state index contributed by atoms with van der Waals surface area (Å²) in [6.07, 6.45) is 0.0469. The van der Waals surface area contributed by atoms with E-state index in [1.165, 1.54) is 40.9 Å². The molecule has 13 heteroatoms. The summed E-state index contributed by atoms with van der Waals surface area (Å²) in [7, 11) is 3.03. The van der Waals surface area contributed by atoms with E-state index in [1.54, 1.807) is 24.3 Å². The Morgan fingerprint density at radius 2 is 1.69 bits per heavy atom. The van der Waals surface area contributed by atoms with Gasteiger partial charge in [-0.15, -0.1) is 0 Å². The first-order valence-corrected chi connectivity index (χ1v) is 13.8. The van der Waals surface area contributed by atoms with Crippen LogP contribution in [-0.2, 0) is 14.3 Å². The van der Waals surface area contributed by atoms with Crippen molar-refractivity contribution < 1.29 is 38.6 Å². The van der Waals surface area contributed by atoms with E-state index >= 15 is 0 Å². The summed E-state index contributed by atoms with van der Waals surface area (Å²) in [5, 5.41) is 11.9. The molecule has 0 unspecified atom stereocenters. The van der Waals surface area contributed by atoms with E-state index < -0.39 is 36.0 Å². The zero-order valence-corrected chi connectivity index (χ0v) is 24.1. The summed E-state index contributed by atoms with van der Waals surface area (Å²) in [5.74, 6) is -2.26. The third-order valence-corrected chi connectivity index (χ3v) is 6.49. The average molecular weight is 584 g/mol. The smallest absolute Gasteiger partial charge is 0.414 e. The van der Waals surface area contributed by atoms with Crippen LogP contribution in [-0.4, -0.2) is 108 Å². The molecule has 2 aromatic rings. The minimum Gasteiger partial charge on any atom is -0.481 e. The van der Waals surface area contributed by atoms with E-state index in [2.05, 4.69) is 10.3 Å². The number of rotatable bonds is 11. The van der Waals surface area contributed by atoms with Gasteiger partial charge in [0.1, 0.15) is 17.5 Å². The lowest BCUT2D eigenvalue weighted by Gasteiger charge is -2.36. The van der Waals surface area contributed by atoms with Crippen molar-refractivity contribution in [3.05, 3.63) is 48.2 Å². The number of carbonyl (C=O) groups is 5. The first kappa shape index (κ1) is 31.8. The number of hydrogen-bond acceptors (Lipinski definition) is 8. The first-order valence-electron chi connectivity index (χ1n) is 13.8. The second-order valence-corrected chi connectivity index (χ2v) is 9.94. The number of piperazine rings is 1. The normalized spacial score (nSPS) is 13.6. The molecule has 42 heavy (non-hydrogen) atoms. The molecule has 0 radical (unpaired) electrons. The molecule has 2 heterocycles. The quantitative estimate of drug-likeness (QED) is 0.379. The summed E-state index contributed by atoms with van der Waals surface area (Å²) in [6.45, 7) is 3.22. The van der Waals surface area contributed by atoms with Gasteiger partial charge in [0.15, 0.2) is 0 Å². The Bertz CT molecular complexity index is 1260. The second kappa shape index (κ2) is 15.4. The molecule has 0 saturated carbocycles. The SMILES string of the molecule is CCCCOC(=O)N1CCN(C(=O)[C@H](CCC(=O)O)NC(=O)c2cc(OC(=O)N(C)C)cc(-c3ccccc3)n2)CC1. The van der Waals surface area contributed by atoms with Crippen LogP contribution < -0.4 is 10.1 Å². The van der Waals surface area contributed by atoms with Crippen molar-refractivity contribution >= 4 is 30.0 Å². The van der Waals surface area contributed by atoms with Crippen molar-refractivity contribution in [3.63, 3.8) is 0 Å². The number of carboxylic acids is 1. The lowest BCUT2D eigenvalue weighted by Crippen LogP contribution is -2.56. The fourth-order valence-corrected chi connectivity index (χ4v) is 4.11. The summed E-state index contributed by atoms with van der Waals surface area (Å²) >= 11 is 0. The number of unbranched alkanes of at least 4 members (excludes halogenated alkanes) is 1. The highest BCUT2D eigenvalue weighted by molar-refractivity contribution is 5.97. The van der Waals surface area contributed by atoms with Crippen molar-refractivity contribution in [2.24, 2.45) is 0 Å². The molecule has 0 spiro atoms. The maximum absolute atomic E-state index is 13.4. The van der Waals surface area contributed by atoms with Crippen LogP contribution >= 0.6 is 0 Å². The predicted octanol–water partition coefficient (Wildman–Crippen LogP) is 2.85. The molecular weight excluding hydrogens is 546 g/mol. The number of nitrogens with zero attached hydrogens (tertiary/aromatic N) is 4. The minimum absolute atomic E-state index is 0.0723. The number of aromatic nitrogens is 1. The molecule has 1 fully saturated rings. The number of pyridine rings is 1. The van der Waals surface area contributed by atoms with Crippen LogP contribution in [0.5, 0.6) is 5.75 Å². The molecule has 0 bridgehead atoms. The molecule has 1 aliphatic rings. The van der Waals surface area contributed by atoms with Crippen molar-refractivity contribution in [2.45, 2.75) is 38.6 Å². The van der Waals surface area contributed by atoms with Crippen molar-refractivity contribution in [1.29, 1.82) is 0 Å². The van der Waals surface area contributed by atoms with Gasteiger partial charge in [-0.05, 0) is 12.8 Å². The number of amides is 4.